The predicted octanol–water partition coefficient (Wildman–Crippen LogP) is 3.21. The summed E-state index contributed by atoms with van der Waals surface area (Å²) < 4.78 is 13.2. The molecule has 1 fully saturated rings. The number of nitrogens with zero attached hydrogens (tertiary/aromatic N) is 2. The topological polar surface area (TPSA) is 56.7 Å². The fourth-order valence-corrected chi connectivity index (χ4v) is 3.11. The van der Waals surface area contributed by atoms with Gasteiger partial charge in [0.1, 0.15) is 5.82 Å². The lowest BCUT2D eigenvalue weighted by Gasteiger charge is -2.26. The number of hydrogen-bond donors (Lipinski definition) is 2. The molecule has 2 aromatic rings. The third-order valence-corrected chi connectivity index (χ3v) is 4.60. The van der Waals surface area contributed by atoms with Gasteiger partial charge in [0.25, 0.3) is 0 Å². The lowest BCUT2D eigenvalue weighted by molar-refractivity contribution is -0.119. The van der Waals surface area contributed by atoms with Gasteiger partial charge in [-0.1, -0.05) is 24.3 Å². The molecule has 0 saturated carbocycles. The van der Waals surface area contributed by atoms with Crippen LogP contribution in [0.1, 0.15) is 30.4 Å². The number of carbonyl (C=O) groups is 1. The Balaban J connectivity index is 1.51. The number of piperidine rings is 1. The number of amides is 1. The number of carbonyl (C=O) groups excluding carboxylic acids is 1. The summed E-state index contributed by atoms with van der Waals surface area (Å²) in [7, 11) is 1.70. The number of nitrogens with one attached hydrogen (secondary N) is 2. The van der Waals surface area contributed by atoms with Crippen LogP contribution < -0.4 is 15.5 Å². The van der Waals surface area contributed by atoms with Crippen molar-refractivity contribution in [3.05, 3.63) is 65.5 Å². The molecule has 1 heterocycles. The molecule has 0 radical (unpaired) electrons. The first-order valence-electron chi connectivity index (χ1n) is 9.24. The summed E-state index contributed by atoms with van der Waals surface area (Å²) in [6, 6.07) is 14.5. The maximum absolute atomic E-state index is 13.2. The molecule has 1 saturated heterocycles. The second-order valence-corrected chi connectivity index (χ2v) is 6.58. The fourth-order valence-electron chi connectivity index (χ4n) is 3.11. The second kappa shape index (κ2) is 9.16. The van der Waals surface area contributed by atoms with Crippen LogP contribution in [-0.2, 0) is 17.9 Å². The van der Waals surface area contributed by atoms with Crippen LogP contribution in [0.15, 0.2) is 53.5 Å². The first-order chi connectivity index (χ1) is 13.2. The van der Waals surface area contributed by atoms with Crippen LogP contribution in [0.4, 0.5) is 10.1 Å². The molecule has 27 heavy (non-hydrogen) atoms. The van der Waals surface area contributed by atoms with Crippen molar-refractivity contribution < 1.29 is 9.18 Å². The van der Waals surface area contributed by atoms with Gasteiger partial charge in [-0.15, -0.1) is 0 Å². The largest absolute Gasteiger partial charge is 0.352 e. The van der Waals surface area contributed by atoms with E-state index >= 15 is 0 Å². The van der Waals surface area contributed by atoms with Crippen molar-refractivity contribution in [1.82, 2.24) is 10.6 Å². The molecule has 142 valence electrons. The molecule has 1 aliphatic heterocycles. The first-order valence-corrected chi connectivity index (χ1v) is 9.24. The molecule has 2 aromatic carbocycles. The molecular weight excluding hydrogens is 343 g/mol. The predicted molar refractivity (Wildman–Crippen MR) is 106 cm³/mol. The van der Waals surface area contributed by atoms with Gasteiger partial charge in [0.05, 0.1) is 0 Å². The Morgan fingerprint density at radius 3 is 2.48 bits per heavy atom. The average molecular weight is 368 g/mol. The molecule has 0 atom stereocenters. The van der Waals surface area contributed by atoms with Crippen molar-refractivity contribution in [3.63, 3.8) is 0 Å². The molecular formula is C21H25FN4O. The molecule has 0 spiro atoms. The Morgan fingerprint density at radius 2 is 1.81 bits per heavy atom. The van der Waals surface area contributed by atoms with E-state index in [1.807, 2.05) is 35.2 Å². The van der Waals surface area contributed by atoms with E-state index in [4.69, 9.17) is 0 Å². The number of anilines is 1. The van der Waals surface area contributed by atoms with Crippen LogP contribution in [-0.4, -0.2) is 25.5 Å². The lowest BCUT2D eigenvalue weighted by atomic mass is 10.1. The number of halogens is 1. The minimum Gasteiger partial charge on any atom is -0.352 e. The van der Waals surface area contributed by atoms with Gasteiger partial charge in [0.15, 0.2) is 5.96 Å². The van der Waals surface area contributed by atoms with Crippen LogP contribution in [0.3, 0.4) is 0 Å². The summed E-state index contributed by atoms with van der Waals surface area (Å²) >= 11 is 0. The summed E-state index contributed by atoms with van der Waals surface area (Å²) in [6.45, 7) is 1.90. The van der Waals surface area contributed by atoms with E-state index in [1.165, 1.54) is 12.1 Å². The quantitative estimate of drug-likeness (QED) is 0.629. The monoisotopic (exact) mass is 368 g/mol. The Bertz CT molecular complexity index is 804. The Hall–Kier alpha value is -2.89. The molecule has 0 bridgehead atoms. The van der Waals surface area contributed by atoms with Gasteiger partial charge in [0, 0.05) is 38.8 Å². The van der Waals surface area contributed by atoms with Crippen molar-refractivity contribution in [1.29, 1.82) is 0 Å². The minimum absolute atomic E-state index is 0.203. The number of aliphatic imine (C=N–C) groups is 1. The highest BCUT2D eigenvalue weighted by molar-refractivity contribution is 5.93. The van der Waals surface area contributed by atoms with E-state index in [9.17, 15) is 9.18 Å². The highest BCUT2D eigenvalue weighted by Gasteiger charge is 2.19. The van der Waals surface area contributed by atoms with Crippen LogP contribution in [0.2, 0.25) is 0 Å². The summed E-state index contributed by atoms with van der Waals surface area (Å²) in [5.74, 6) is 0.605. The van der Waals surface area contributed by atoms with E-state index < -0.39 is 0 Å². The SMILES string of the molecule is CN=C(NCc1ccc(N2CCCCC2=O)cc1)NCc1cccc(F)c1. The van der Waals surface area contributed by atoms with Crippen molar-refractivity contribution >= 4 is 17.6 Å². The van der Waals surface area contributed by atoms with E-state index in [-0.39, 0.29) is 11.7 Å². The number of hydrogen-bond acceptors (Lipinski definition) is 2. The number of guanidine groups is 1. The second-order valence-electron chi connectivity index (χ2n) is 6.58. The van der Waals surface area contributed by atoms with Crippen LogP contribution in [0.5, 0.6) is 0 Å². The van der Waals surface area contributed by atoms with Crippen molar-refractivity contribution in [3.8, 4) is 0 Å². The van der Waals surface area contributed by atoms with Crippen LogP contribution >= 0.6 is 0 Å². The third-order valence-electron chi connectivity index (χ3n) is 4.60. The van der Waals surface area contributed by atoms with Gasteiger partial charge in [-0.3, -0.25) is 9.79 Å². The van der Waals surface area contributed by atoms with E-state index in [1.54, 1.807) is 13.1 Å². The first kappa shape index (κ1) is 18.9. The van der Waals surface area contributed by atoms with Gasteiger partial charge >= 0.3 is 0 Å². The van der Waals surface area contributed by atoms with E-state index in [2.05, 4.69) is 15.6 Å². The molecule has 2 N–H and O–H groups in total. The summed E-state index contributed by atoms with van der Waals surface area (Å²) in [5, 5.41) is 6.41. The van der Waals surface area contributed by atoms with Crippen molar-refractivity contribution in [2.45, 2.75) is 32.4 Å². The standard InChI is InChI=1S/C21H25FN4O/c1-23-21(25-15-17-5-4-6-18(22)13-17)24-14-16-8-10-19(11-9-16)26-12-3-2-7-20(26)27/h4-6,8-11,13H,2-3,7,12,14-15H2,1H3,(H2,23,24,25). The minimum atomic E-state index is -0.246. The van der Waals surface area contributed by atoms with Crippen molar-refractivity contribution in [2.75, 3.05) is 18.5 Å². The van der Waals surface area contributed by atoms with Gasteiger partial charge in [-0.2, -0.15) is 0 Å². The van der Waals surface area contributed by atoms with Gasteiger partial charge in [-0.25, -0.2) is 4.39 Å². The van der Waals surface area contributed by atoms with Crippen LogP contribution in [0, 0.1) is 5.82 Å². The normalized spacial score (nSPS) is 15.0. The summed E-state index contributed by atoms with van der Waals surface area (Å²) in [6.07, 6.45) is 2.68. The molecule has 0 aliphatic carbocycles. The van der Waals surface area contributed by atoms with Crippen molar-refractivity contribution in [2.24, 2.45) is 4.99 Å². The third kappa shape index (κ3) is 5.29. The number of rotatable bonds is 5. The zero-order valence-corrected chi connectivity index (χ0v) is 15.5. The van der Waals surface area contributed by atoms with Gasteiger partial charge in [0.2, 0.25) is 5.91 Å². The molecule has 1 amide bonds. The maximum atomic E-state index is 13.2. The molecule has 5 nitrogen and oxygen atoms in total. The van der Waals surface area contributed by atoms with Gasteiger partial charge in [-0.05, 0) is 48.2 Å². The Kier molecular flexibility index (Phi) is 6.41. The summed E-state index contributed by atoms with van der Waals surface area (Å²) in [5.41, 5.74) is 2.91. The van der Waals surface area contributed by atoms with Gasteiger partial charge < -0.3 is 15.5 Å². The zero-order chi connectivity index (χ0) is 19.1. The highest BCUT2D eigenvalue weighted by Crippen LogP contribution is 2.21. The lowest BCUT2D eigenvalue weighted by Crippen LogP contribution is -2.36. The molecule has 0 unspecified atom stereocenters. The highest BCUT2D eigenvalue weighted by atomic mass is 19.1. The molecule has 3 rings (SSSR count). The molecule has 6 heteroatoms. The van der Waals surface area contributed by atoms with E-state index in [0.29, 0.717) is 25.5 Å². The van der Waals surface area contributed by atoms with Crippen LogP contribution in [0.25, 0.3) is 0 Å². The molecule has 0 aromatic heterocycles. The van der Waals surface area contributed by atoms with E-state index in [0.717, 1.165) is 36.2 Å². The molecule has 1 aliphatic rings. The Labute approximate surface area is 159 Å². The fraction of sp³-hybridized carbons (Fsp3) is 0.333. The zero-order valence-electron chi connectivity index (χ0n) is 15.5. The Morgan fingerprint density at radius 1 is 1.07 bits per heavy atom. The summed E-state index contributed by atoms with van der Waals surface area (Å²) in [4.78, 5) is 18.1. The maximum Gasteiger partial charge on any atom is 0.226 e. The number of benzene rings is 2. The average Bonchev–Trinajstić information content (AvgIpc) is 2.69. The smallest absolute Gasteiger partial charge is 0.226 e.